The van der Waals surface area contributed by atoms with Crippen molar-refractivity contribution >= 4 is 5.97 Å². The second-order valence-electron chi connectivity index (χ2n) is 5.81. The quantitative estimate of drug-likeness (QED) is 0.791. The molecule has 1 aromatic rings. The summed E-state index contributed by atoms with van der Waals surface area (Å²) in [4.78, 5) is 13.6. The summed E-state index contributed by atoms with van der Waals surface area (Å²) in [5.74, 6) is 0.232. The number of hydrogen-bond donors (Lipinski definition) is 0. The van der Waals surface area contributed by atoms with E-state index in [9.17, 15) is 4.79 Å². The number of ether oxygens (including phenoxy) is 1. The van der Waals surface area contributed by atoms with E-state index >= 15 is 0 Å². The van der Waals surface area contributed by atoms with Crippen molar-refractivity contribution in [2.75, 3.05) is 13.1 Å². The molecule has 0 aliphatic carbocycles. The van der Waals surface area contributed by atoms with Crippen LogP contribution in [0.4, 0.5) is 0 Å². The molecule has 3 heteroatoms. The van der Waals surface area contributed by atoms with Crippen LogP contribution in [0.25, 0.3) is 0 Å². The van der Waals surface area contributed by atoms with Crippen LogP contribution in [0.3, 0.4) is 0 Å². The normalized spacial score (nSPS) is 27.2. The van der Waals surface area contributed by atoms with E-state index < -0.39 is 0 Å². The Kier molecular flexibility index (Phi) is 5.18. The summed E-state index contributed by atoms with van der Waals surface area (Å²) >= 11 is 0. The fraction of sp³-hybridized carbons (Fsp3) is 0.588. The summed E-state index contributed by atoms with van der Waals surface area (Å²) in [6.07, 6.45) is 2.10. The zero-order chi connectivity index (χ0) is 14.5. The summed E-state index contributed by atoms with van der Waals surface area (Å²) in [6.45, 7) is 8.01. The van der Waals surface area contributed by atoms with Crippen LogP contribution in [-0.2, 0) is 16.0 Å². The Morgan fingerprint density at radius 1 is 1.30 bits per heavy atom. The van der Waals surface area contributed by atoms with Crippen LogP contribution in [0, 0.1) is 5.92 Å². The highest BCUT2D eigenvalue weighted by atomic mass is 16.5. The Labute approximate surface area is 121 Å². The minimum Gasteiger partial charge on any atom is -0.462 e. The molecule has 0 amide bonds. The Morgan fingerprint density at radius 3 is 2.65 bits per heavy atom. The summed E-state index contributed by atoms with van der Waals surface area (Å²) in [5.41, 5.74) is 1.38. The largest absolute Gasteiger partial charge is 0.462 e. The predicted octanol–water partition coefficient (Wildman–Crippen LogP) is 2.89. The fourth-order valence-corrected chi connectivity index (χ4v) is 3.02. The van der Waals surface area contributed by atoms with E-state index in [0.29, 0.717) is 12.0 Å². The van der Waals surface area contributed by atoms with Crippen molar-refractivity contribution in [3.05, 3.63) is 35.9 Å². The topological polar surface area (TPSA) is 29.5 Å². The Morgan fingerprint density at radius 2 is 2.00 bits per heavy atom. The van der Waals surface area contributed by atoms with Gasteiger partial charge in [0.2, 0.25) is 0 Å². The monoisotopic (exact) mass is 275 g/mol. The zero-order valence-electron chi connectivity index (χ0n) is 12.7. The highest BCUT2D eigenvalue weighted by Crippen LogP contribution is 2.26. The van der Waals surface area contributed by atoms with E-state index in [0.717, 1.165) is 25.9 Å². The van der Waals surface area contributed by atoms with Gasteiger partial charge in [-0.25, -0.2) is 0 Å². The molecule has 20 heavy (non-hydrogen) atoms. The fourth-order valence-electron chi connectivity index (χ4n) is 3.02. The molecule has 0 aromatic heterocycles. The molecule has 1 aliphatic rings. The number of esters is 1. The van der Waals surface area contributed by atoms with Crippen LogP contribution in [0.1, 0.15) is 32.8 Å². The lowest BCUT2D eigenvalue weighted by molar-refractivity contribution is -0.153. The molecule has 3 nitrogen and oxygen atoms in total. The van der Waals surface area contributed by atoms with Gasteiger partial charge in [0, 0.05) is 32.0 Å². The molecule has 0 radical (unpaired) electrons. The van der Waals surface area contributed by atoms with Gasteiger partial charge in [0.25, 0.3) is 0 Å². The van der Waals surface area contributed by atoms with Crippen LogP contribution >= 0.6 is 0 Å². The molecule has 1 saturated heterocycles. The number of piperidine rings is 1. The third-order valence-corrected chi connectivity index (χ3v) is 4.47. The third kappa shape index (κ3) is 3.83. The second-order valence-corrected chi connectivity index (χ2v) is 5.81. The van der Waals surface area contributed by atoms with Gasteiger partial charge in [0.05, 0.1) is 0 Å². The van der Waals surface area contributed by atoms with E-state index in [-0.39, 0.29) is 12.1 Å². The lowest BCUT2D eigenvalue weighted by Crippen LogP contribution is -2.50. The van der Waals surface area contributed by atoms with Gasteiger partial charge in [0.15, 0.2) is 0 Å². The standard InChI is InChI=1S/C17H25NO2/c1-13-14(2)18(12-10-17(13)20-15(3)19)11-9-16-7-5-4-6-8-16/h4-8,13-14,17H,9-12H2,1-3H3/t13-,14-,17+/m0/s1. The van der Waals surface area contributed by atoms with Crippen LogP contribution < -0.4 is 0 Å². The molecule has 0 saturated carbocycles. The maximum atomic E-state index is 11.1. The van der Waals surface area contributed by atoms with E-state index in [4.69, 9.17) is 4.74 Å². The summed E-state index contributed by atoms with van der Waals surface area (Å²) in [5, 5.41) is 0. The van der Waals surface area contributed by atoms with E-state index in [1.165, 1.54) is 12.5 Å². The van der Waals surface area contributed by atoms with Gasteiger partial charge in [-0.1, -0.05) is 37.3 Å². The predicted molar refractivity (Wildman–Crippen MR) is 80.5 cm³/mol. The summed E-state index contributed by atoms with van der Waals surface area (Å²) in [7, 11) is 0. The molecule has 1 aromatic carbocycles. The summed E-state index contributed by atoms with van der Waals surface area (Å²) < 4.78 is 5.42. The number of hydrogen-bond acceptors (Lipinski definition) is 3. The number of carbonyl (C=O) groups excluding carboxylic acids is 1. The van der Waals surface area contributed by atoms with Crippen LogP contribution in [0.15, 0.2) is 30.3 Å². The van der Waals surface area contributed by atoms with Crippen LogP contribution in [0.2, 0.25) is 0 Å². The molecule has 3 atom stereocenters. The van der Waals surface area contributed by atoms with Gasteiger partial charge in [-0.05, 0) is 25.3 Å². The SMILES string of the molecule is CC(=O)O[C@@H]1CCN(CCc2ccccc2)[C@@H](C)[C@@H]1C. The molecular weight excluding hydrogens is 250 g/mol. The van der Waals surface area contributed by atoms with Gasteiger partial charge >= 0.3 is 5.97 Å². The molecule has 0 unspecified atom stereocenters. The average molecular weight is 275 g/mol. The third-order valence-electron chi connectivity index (χ3n) is 4.47. The first-order valence-electron chi connectivity index (χ1n) is 7.53. The number of likely N-dealkylation sites (tertiary alicyclic amines) is 1. The van der Waals surface area contributed by atoms with Crippen LogP contribution in [-0.4, -0.2) is 36.1 Å². The van der Waals surface area contributed by atoms with Crippen molar-refractivity contribution in [2.45, 2.75) is 45.8 Å². The molecule has 1 aliphatic heterocycles. The lowest BCUT2D eigenvalue weighted by atomic mass is 9.88. The van der Waals surface area contributed by atoms with E-state index in [2.05, 4.69) is 49.1 Å². The van der Waals surface area contributed by atoms with Gasteiger partial charge in [-0.2, -0.15) is 0 Å². The van der Waals surface area contributed by atoms with Gasteiger partial charge < -0.3 is 4.74 Å². The number of benzene rings is 1. The first-order valence-corrected chi connectivity index (χ1v) is 7.53. The number of nitrogens with zero attached hydrogens (tertiary/aromatic N) is 1. The van der Waals surface area contributed by atoms with Gasteiger partial charge in [0.1, 0.15) is 6.10 Å². The minimum atomic E-state index is -0.160. The first kappa shape index (κ1) is 15.0. The van der Waals surface area contributed by atoms with Crippen molar-refractivity contribution in [3.63, 3.8) is 0 Å². The van der Waals surface area contributed by atoms with Gasteiger partial charge in [-0.3, -0.25) is 9.69 Å². The lowest BCUT2D eigenvalue weighted by Gasteiger charge is -2.42. The molecule has 0 bridgehead atoms. The number of rotatable bonds is 4. The molecule has 1 fully saturated rings. The van der Waals surface area contributed by atoms with Crippen LogP contribution in [0.5, 0.6) is 0 Å². The van der Waals surface area contributed by atoms with E-state index in [1.54, 1.807) is 0 Å². The Hall–Kier alpha value is -1.35. The van der Waals surface area contributed by atoms with Crippen molar-refractivity contribution in [1.29, 1.82) is 0 Å². The zero-order valence-corrected chi connectivity index (χ0v) is 12.7. The molecule has 0 spiro atoms. The van der Waals surface area contributed by atoms with Crippen molar-refractivity contribution < 1.29 is 9.53 Å². The Bertz CT molecular complexity index is 432. The van der Waals surface area contributed by atoms with Crippen molar-refractivity contribution in [1.82, 2.24) is 4.90 Å². The van der Waals surface area contributed by atoms with Gasteiger partial charge in [-0.15, -0.1) is 0 Å². The van der Waals surface area contributed by atoms with Crippen molar-refractivity contribution in [3.8, 4) is 0 Å². The molecular formula is C17H25NO2. The smallest absolute Gasteiger partial charge is 0.302 e. The maximum Gasteiger partial charge on any atom is 0.302 e. The van der Waals surface area contributed by atoms with E-state index in [1.807, 2.05) is 0 Å². The Balaban J connectivity index is 1.87. The number of carbonyl (C=O) groups is 1. The maximum absolute atomic E-state index is 11.1. The average Bonchev–Trinajstić information content (AvgIpc) is 2.44. The molecule has 0 N–H and O–H groups in total. The highest BCUT2D eigenvalue weighted by molar-refractivity contribution is 5.66. The molecule has 110 valence electrons. The highest BCUT2D eigenvalue weighted by Gasteiger charge is 2.33. The first-order chi connectivity index (χ1) is 9.58. The summed E-state index contributed by atoms with van der Waals surface area (Å²) in [6, 6.07) is 11.1. The van der Waals surface area contributed by atoms with Crippen molar-refractivity contribution in [2.24, 2.45) is 5.92 Å². The minimum absolute atomic E-state index is 0.0791. The second kappa shape index (κ2) is 6.89. The molecule has 1 heterocycles. The molecule has 2 rings (SSSR count).